The summed E-state index contributed by atoms with van der Waals surface area (Å²) in [4.78, 5) is 0. The molecule has 0 amide bonds. The van der Waals surface area contributed by atoms with Crippen LogP contribution in [0.25, 0.3) is 0 Å². The summed E-state index contributed by atoms with van der Waals surface area (Å²) in [6.07, 6.45) is 8.26. The Labute approximate surface area is 79.6 Å². The number of imidazole rings is 1. The molecule has 74 valence electrons. The molecule has 0 fully saturated rings. The van der Waals surface area contributed by atoms with Crippen LogP contribution in [0.4, 0.5) is 0 Å². The smallest absolute Gasteiger partial charge is 0.243 e. The number of aliphatic hydroxyl groups is 1. The monoisotopic (exact) mass is 183 g/mol. The van der Waals surface area contributed by atoms with E-state index in [-0.39, 0.29) is 6.10 Å². The second-order valence-electron chi connectivity index (χ2n) is 3.55. The topological polar surface area (TPSA) is 29.0 Å². The Morgan fingerprint density at radius 2 is 2.31 bits per heavy atom. The number of hydrogen-bond acceptors (Lipinski definition) is 1. The molecule has 0 aliphatic heterocycles. The Bertz CT molecular complexity index is 243. The Kier molecular flexibility index (Phi) is 3.96. The van der Waals surface area contributed by atoms with Gasteiger partial charge < -0.3 is 5.11 Å². The Balaban J connectivity index is 2.44. The molecule has 0 unspecified atom stereocenters. The van der Waals surface area contributed by atoms with Crippen LogP contribution in [0.3, 0.4) is 0 Å². The van der Waals surface area contributed by atoms with E-state index in [0.29, 0.717) is 6.54 Å². The second kappa shape index (κ2) is 5.02. The number of hydrogen-bond donors (Lipinski definition) is 1. The van der Waals surface area contributed by atoms with Gasteiger partial charge in [-0.1, -0.05) is 13.3 Å². The molecule has 0 bridgehead atoms. The van der Waals surface area contributed by atoms with Gasteiger partial charge >= 0.3 is 0 Å². The molecule has 1 aromatic heterocycles. The lowest BCUT2D eigenvalue weighted by Gasteiger charge is -1.98. The number of unbranched alkanes of at least 4 members (excludes halogenated alkanes) is 1. The van der Waals surface area contributed by atoms with Crippen LogP contribution in [0.1, 0.15) is 26.7 Å². The van der Waals surface area contributed by atoms with Gasteiger partial charge in [-0.3, -0.25) is 0 Å². The molecule has 1 aromatic rings. The molecule has 1 rings (SSSR count). The summed E-state index contributed by atoms with van der Waals surface area (Å²) in [5.74, 6) is 0. The molecule has 1 heterocycles. The number of aliphatic hydroxyl groups excluding tert-OH is 1. The maximum atomic E-state index is 9.16. The summed E-state index contributed by atoms with van der Waals surface area (Å²) in [7, 11) is 0. The van der Waals surface area contributed by atoms with Crippen LogP contribution >= 0.6 is 0 Å². The largest absolute Gasteiger partial charge is 0.389 e. The fourth-order valence-electron chi connectivity index (χ4n) is 1.32. The fourth-order valence-corrected chi connectivity index (χ4v) is 1.32. The van der Waals surface area contributed by atoms with Gasteiger partial charge in [0.2, 0.25) is 6.33 Å². The van der Waals surface area contributed by atoms with Crippen LogP contribution in [0.2, 0.25) is 0 Å². The molecule has 3 nitrogen and oxygen atoms in total. The van der Waals surface area contributed by atoms with Gasteiger partial charge in [-0.15, -0.1) is 0 Å². The normalized spacial score (nSPS) is 13.2. The van der Waals surface area contributed by atoms with Crippen molar-refractivity contribution < 1.29 is 9.67 Å². The van der Waals surface area contributed by atoms with Crippen LogP contribution in [-0.4, -0.2) is 15.8 Å². The first-order chi connectivity index (χ1) is 6.22. The summed E-state index contributed by atoms with van der Waals surface area (Å²) in [5.41, 5.74) is 0. The van der Waals surface area contributed by atoms with E-state index in [2.05, 4.69) is 17.7 Å². The zero-order valence-corrected chi connectivity index (χ0v) is 8.48. The van der Waals surface area contributed by atoms with Crippen LogP contribution < -0.4 is 4.57 Å². The van der Waals surface area contributed by atoms with Crippen LogP contribution in [-0.2, 0) is 13.1 Å². The Morgan fingerprint density at radius 1 is 1.54 bits per heavy atom. The van der Waals surface area contributed by atoms with Crippen molar-refractivity contribution in [2.75, 3.05) is 0 Å². The zero-order chi connectivity index (χ0) is 9.68. The number of aryl methyl sites for hydroxylation is 1. The number of nitrogens with zero attached hydrogens (tertiary/aromatic N) is 2. The van der Waals surface area contributed by atoms with Crippen LogP contribution in [0.15, 0.2) is 18.7 Å². The van der Waals surface area contributed by atoms with Gasteiger partial charge in [0.05, 0.1) is 12.6 Å². The quantitative estimate of drug-likeness (QED) is 0.677. The lowest BCUT2D eigenvalue weighted by Crippen LogP contribution is -2.36. The summed E-state index contributed by atoms with van der Waals surface area (Å²) in [6.45, 7) is 5.74. The van der Waals surface area contributed by atoms with Gasteiger partial charge in [-0.05, 0) is 13.3 Å². The van der Waals surface area contributed by atoms with Gasteiger partial charge in [0.25, 0.3) is 0 Å². The van der Waals surface area contributed by atoms with Gasteiger partial charge in [-0.25, -0.2) is 9.13 Å². The minimum atomic E-state index is -0.271. The third-order valence-electron chi connectivity index (χ3n) is 1.99. The third kappa shape index (κ3) is 3.59. The van der Waals surface area contributed by atoms with Crippen molar-refractivity contribution in [3.05, 3.63) is 18.7 Å². The van der Waals surface area contributed by atoms with Crippen molar-refractivity contribution in [1.29, 1.82) is 0 Å². The Hall–Kier alpha value is -0.830. The average Bonchev–Trinajstić information content (AvgIpc) is 2.48. The predicted octanol–water partition coefficient (Wildman–Crippen LogP) is 0.956. The molecular weight excluding hydrogens is 164 g/mol. The first kappa shape index (κ1) is 10.3. The van der Waals surface area contributed by atoms with E-state index >= 15 is 0 Å². The molecular formula is C10H19N2O+. The summed E-state index contributed by atoms with van der Waals surface area (Å²) >= 11 is 0. The highest BCUT2D eigenvalue weighted by molar-refractivity contribution is 4.66. The lowest BCUT2D eigenvalue weighted by molar-refractivity contribution is -0.702. The second-order valence-corrected chi connectivity index (χ2v) is 3.55. The summed E-state index contributed by atoms with van der Waals surface area (Å²) in [6, 6.07) is 0. The first-order valence-corrected chi connectivity index (χ1v) is 4.95. The number of rotatable bonds is 5. The molecule has 0 saturated heterocycles. The van der Waals surface area contributed by atoms with Crippen molar-refractivity contribution in [1.82, 2.24) is 4.57 Å². The molecule has 0 aliphatic rings. The molecule has 0 aliphatic carbocycles. The highest BCUT2D eigenvalue weighted by atomic mass is 16.3. The molecule has 3 heteroatoms. The summed E-state index contributed by atoms with van der Waals surface area (Å²) < 4.78 is 4.17. The van der Waals surface area contributed by atoms with Crippen LogP contribution in [0, 0.1) is 0 Å². The predicted molar refractivity (Wildman–Crippen MR) is 51.2 cm³/mol. The van der Waals surface area contributed by atoms with E-state index in [1.807, 2.05) is 17.1 Å². The first-order valence-electron chi connectivity index (χ1n) is 4.95. The molecule has 0 radical (unpaired) electrons. The molecule has 0 saturated carbocycles. The molecule has 1 atom stereocenters. The van der Waals surface area contributed by atoms with E-state index in [1.54, 1.807) is 6.92 Å². The highest BCUT2D eigenvalue weighted by Gasteiger charge is 2.05. The zero-order valence-electron chi connectivity index (χ0n) is 8.48. The average molecular weight is 183 g/mol. The van der Waals surface area contributed by atoms with E-state index < -0.39 is 0 Å². The fraction of sp³-hybridized carbons (Fsp3) is 0.700. The standard InChI is InChI=1S/C10H19N2O/c1-3-4-5-11-6-7-12(9-11)8-10(2)13/h6-7,9-10,13H,3-5,8H2,1-2H3/q+1/t10-/m0/s1. The van der Waals surface area contributed by atoms with E-state index in [0.717, 1.165) is 6.54 Å². The maximum Gasteiger partial charge on any atom is 0.243 e. The van der Waals surface area contributed by atoms with Crippen molar-refractivity contribution in [2.24, 2.45) is 0 Å². The molecule has 0 aromatic carbocycles. The van der Waals surface area contributed by atoms with Gasteiger partial charge in [0.1, 0.15) is 18.9 Å². The molecule has 1 N–H and O–H groups in total. The summed E-state index contributed by atoms with van der Waals surface area (Å²) in [5, 5.41) is 9.16. The van der Waals surface area contributed by atoms with Gasteiger partial charge in [-0.2, -0.15) is 0 Å². The third-order valence-corrected chi connectivity index (χ3v) is 1.99. The molecule has 0 spiro atoms. The van der Waals surface area contributed by atoms with E-state index in [1.165, 1.54) is 12.8 Å². The minimum Gasteiger partial charge on any atom is -0.389 e. The SMILES string of the molecule is CCCCn1cc[n+](C[C@H](C)O)c1. The maximum absolute atomic E-state index is 9.16. The highest BCUT2D eigenvalue weighted by Crippen LogP contribution is 1.93. The van der Waals surface area contributed by atoms with Gasteiger partial charge in [0, 0.05) is 0 Å². The van der Waals surface area contributed by atoms with Crippen molar-refractivity contribution in [3.8, 4) is 0 Å². The van der Waals surface area contributed by atoms with Crippen molar-refractivity contribution in [3.63, 3.8) is 0 Å². The van der Waals surface area contributed by atoms with Crippen molar-refractivity contribution in [2.45, 2.75) is 45.9 Å². The van der Waals surface area contributed by atoms with E-state index in [4.69, 9.17) is 5.11 Å². The van der Waals surface area contributed by atoms with E-state index in [9.17, 15) is 0 Å². The number of aromatic nitrogens is 2. The van der Waals surface area contributed by atoms with Gasteiger partial charge in [0.15, 0.2) is 0 Å². The molecule has 13 heavy (non-hydrogen) atoms. The van der Waals surface area contributed by atoms with Crippen molar-refractivity contribution >= 4 is 0 Å². The minimum absolute atomic E-state index is 0.271. The van der Waals surface area contributed by atoms with Crippen LogP contribution in [0.5, 0.6) is 0 Å². The Morgan fingerprint density at radius 3 is 2.92 bits per heavy atom. The lowest BCUT2D eigenvalue weighted by atomic mass is 10.3.